The van der Waals surface area contributed by atoms with Crippen molar-refractivity contribution >= 4 is 0 Å². The molecule has 2 N–H and O–H groups in total. The summed E-state index contributed by atoms with van der Waals surface area (Å²) in [6.45, 7) is 3.45. The van der Waals surface area contributed by atoms with Crippen LogP contribution in [0.15, 0.2) is 48.7 Å². The number of aliphatic hydroxyl groups is 1. The number of nitrogens with one attached hydrogen (secondary N) is 1. The molecule has 0 saturated carbocycles. The number of aliphatic hydroxyl groups excluding tert-OH is 1. The minimum atomic E-state index is -0.243. The van der Waals surface area contributed by atoms with Crippen LogP contribution in [-0.2, 0) is 6.54 Å². The highest BCUT2D eigenvalue weighted by Crippen LogP contribution is 2.17. The summed E-state index contributed by atoms with van der Waals surface area (Å²) >= 11 is 0. The zero-order valence-electron chi connectivity index (χ0n) is 11.2. The van der Waals surface area contributed by atoms with Gasteiger partial charge in [-0.3, -0.25) is 4.98 Å². The van der Waals surface area contributed by atoms with Crippen molar-refractivity contribution < 1.29 is 5.11 Å². The molecule has 0 saturated heterocycles. The number of aromatic nitrogens is 1. The van der Waals surface area contributed by atoms with E-state index in [9.17, 15) is 5.11 Å². The first kappa shape index (κ1) is 13.7. The maximum Gasteiger partial charge on any atom is 0.0702 e. The Morgan fingerprint density at radius 1 is 1.21 bits per heavy atom. The molecule has 2 aromatic rings. The first-order valence-electron chi connectivity index (χ1n) is 6.65. The molecular weight excluding hydrogens is 236 g/mol. The molecule has 0 spiro atoms. The summed E-state index contributed by atoms with van der Waals surface area (Å²) in [4.78, 5) is 4.36. The minimum Gasteiger partial charge on any atom is -0.393 e. The van der Waals surface area contributed by atoms with Gasteiger partial charge in [0.2, 0.25) is 0 Å². The zero-order chi connectivity index (χ0) is 13.5. The summed E-state index contributed by atoms with van der Waals surface area (Å²) in [5.74, 6) is 0. The Bertz CT molecular complexity index is 497. The SMILES string of the molecule is CC(O)CCNCc1cccc(-c2ccccn2)c1. The van der Waals surface area contributed by atoms with Crippen molar-refractivity contribution in [1.82, 2.24) is 10.3 Å². The molecule has 1 unspecified atom stereocenters. The van der Waals surface area contributed by atoms with Gasteiger partial charge in [0, 0.05) is 18.3 Å². The monoisotopic (exact) mass is 256 g/mol. The standard InChI is InChI=1S/C16H20N2O/c1-13(19)8-10-17-12-14-5-4-6-15(11-14)16-7-2-3-9-18-16/h2-7,9,11,13,17,19H,8,10,12H2,1H3. The van der Waals surface area contributed by atoms with E-state index in [2.05, 4.69) is 34.6 Å². The molecular formula is C16H20N2O. The van der Waals surface area contributed by atoms with E-state index in [1.54, 1.807) is 0 Å². The number of nitrogens with zero attached hydrogens (tertiary/aromatic N) is 1. The second-order valence-corrected chi connectivity index (χ2v) is 4.73. The second kappa shape index (κ2) is 7.02. The lowest BCUT2D eigenvalue weighted by atomic mass is 10.1. The summed E-state index contributed by atoms with van der Waals surface area (Å²) in [6, 6.07) is 14.3. The third-order valence-corrected chi connectivity index (χ3v) is 2.96. The van der Waals surface area contributed by atoms with E-state index in [-0.39, 0.29) is 6.10 Å². The molecule has 1 atom stereocenters. The number of hydrogen-bond donors (Lipinski definition) is 2. The largest absolute Gasteiger partial charge is 0.393 e. The van der Waals surface area contributed by atoms with Crippen LogP contribution in [0.5, 0.6) is 0 Å². The predicted molar refractivity (Wildman–Crippen MR) is 77.7 cm³/mol. The Morgan fingerprint density at radius 3 is 2.84 bits per heavy atom. The van der Waals surface area contributed by atoms with Gasteiger partial charge in [-0.15, -0.1) is 0 Å². The van der Waals surface area contributed by atoms with E-state index in [0.717, 1.165) is 30.8 Å². The van der Waals surface area contributed by atoms with Crippen LogP contribution in [0.3, 0.4) is 0 Å². The lowest BCUT2D eigenvalue weighted by molar-refractivity contribution is 0.183. The molecule has 3 nitrogen and oxygen atoms in total. The van der Waals surface area contributed by atoms with Crippen molar-refractivity contribution in [2.75, 3.05) is 6.54 Å². The Labute approximate surface area is 114 Å². The Balaban J connectivity index is 1.96. The van der Waals surface area contributed by atoms with Gasteiger partial charge in [-0.25, -0.2) is 0 Å². The van der Waals surface area contributed by atoms with Crippen molar-refractivity contribution in [3.8, 4) is 11.3 Å². The molecule has 0 bridgehead atoms. The van der Waals surface area contributed by atoms with E-state index in [0.29, 0.717) is 0 Å². The molecule has 0 aliphatic heterocycles. The van der Waals surface area contributed by atoms with Crippen molar-refractivity contribution in [3.63, 3.8) is 0 Å². The van der Waals surface area contributed by atoms with Crippen molar-refractivity contribution in [2.24, 2.45) is 0 Å². The van der Waals surface area contributed by atoms with Crippen LogP contribution in [0.25, 0.3) is 11.3 Å². The van der Waals surface area contributed by atoms with Gasteiger partial charge >= 0.3 is 0 Å². The number of rotatable bonds is 6. The van der Waals surface area contributed by atoms with Gasteiger partial charge in [-0.2, -0.15) is 0 Å². The van der Waals surface area contributed by atoms with Crippen LogP contribution < -0.4 is 5.32 Å². The number of benzene rings is 1. The smallest absolute Gasteiger partial charge is 0.0702 e. The summed E-state index contributed by atoms with van der Waals surface area (Å²) in [5, 5.41) is 12.5. The Kier molecular flexibility index (Phi) is 5.07. The molecule has 0 aliphatic rings. The molecule has 0 fully saturated rings. The fraction of sp³-hybridized carbons (Fsp3) is 0.312. The quantitative estimate of drug-likeness (QED) is 0.781. The highest BCUT2D eigenvalue weighted by Gasteiger charge is 2.00. The molecule has 0 aliphatic carbocycles. The third kappa shape index (κ3) is 4.47. The van der Waals surface area contributed by atoms with E-state index in [4.69, 9.17) is 0 Å². The van der Waals surface area contributed by atoms with Gasteiger partial charge in [0.25, 0.3) is 0 Å². The third-order valence-electron chi connectivity index (χ3n) is 2.96. The number of pyridine rings is 1. The van der Waals surface area contributed by atoms with Crippen LogP contribution in [-0.4, -0.2) is 22.7 Å². The lowest BCUT2D eigenvalue weighted by Crippen LogP contribution is -2.18. The van der Waals surface area contributed by atoms with Gasteiger partial charge in [0.15, 0.2) is 0 Å². The minimum absolute atomic E-state index is 0.243. The Hall–Kier alpha value is -1.71. The highest BCUT2D eigenvalue weighted by atomic mass is 16.3. The van der Waals surface area contributed by atoms with Gasteiger partial charge < -0.3 is 10.4 Å². The van der Waals surface area contributed by atoms with E-state index in [1.165, 1.54) is 5.56 Å². The fourth-order valence-corrected chi connectivity index (χ4v) is 1.92. The molecule has 100 valence electrons. The fourth-order valence-electron chi connectivity index (χ4n) is 1.92. The molecule has 19 heavy (non-hydrogen) atoms. The predicted octanol–water partition coefficient (Wildman–Crippen LogP) is 2.61. The molecule has 2 rings (SSSR count). The van der Waals surface area contributed by atoms with Crippen molar-refractivity contribution in [2.45, 2.75) is 26.0 Å². The van der Waals surface area contributed by atoms with Crippen LogP contribution in [0, 0.1) is 0 Å². The summed E-state index contributed by atoms with van der Waals surface area (Å²) in [7, 11) is 0. The normalized spacial score (nSPS) is 12.3. The maximum absolute atomic E-state index is 9.19. The van der Waals surface area contributed by atoms with E-state index < -0.39 is 0 Å². The molecule has 0 amide bonds. The van der Waals surface area contributed by atoms with Gasteiger partial charge in [0.05, 0.1) is 11.8 Å². The first-order valence-corrected chi connectivity index (χ1v) is 6.65. The summed E-state index contributed by atoms with van der Waals surface area (Å²) in [5.41, 5.74) is 3.36. The van der Waals surface area contributed by atoms with E-state index in [1.807, 2.05) is 31.3 Å². The Morgan fingerprint density at radius 2 is 2.11 bits per heavy atom. The molecule has 1 aromatic heterocycles. The molecule has 3 heteroatoms. The van der Waals surface area contributed by atoms with Gasteiger partial charge in [0.1, 0.15) is 0 Å². The van der Waals surface area contributed by atoms with E-state index >= 15 is 0 Å². The average Bonchev–Trinajstić information content (AvgIpc) is 2.45. The van der Waals surface area contributed by atoms with Crippen molar-refractivity contribution in [1.29, 1.82) is 0 Å². The van der Waals surface area contributed by atoms with Crippen LogP contribution >= 0.6 is 0 Å². The summed E-state index contributed by atoms with van der Waals surface area (Å²) < 4.78 is 0. The maximum atomic E-state index is 9.19. The first-order chi connectivity index (χ1) is 9.25. The van der Waals surface area contributed by atoms with Crippen LogP contribution in [0.1, 0.15) is 18.9 Å². The molecule has 0 radical (unpaired) electrons. The lowest BCUT2D eigenvalue weighted by Gasteiger charge is -2.08. The second-order valence-electron chi connectivity index (χ2n) is 4.73. The van der Waals surface area contributed by atoms with Crippen LogP contribution in [0.2, 0.25) is 0 Å². The van der Waals surface area contributed by atoms with Gasteiger partial charge in [-0.05, 0) is 43.7 Å². The summed E-state index contributed by atoms with van der Waals surface area (Å²) in [6.07, 6.45) is 2.34. The number of hydrogen-bond acceptors (Lipinski definition) is 3. The van der Waals surface area contributed by atoms with Crippen molar-refractivity contribution in [3.05, 3.63) is 54.2 Å². The topological polar surface area (TPSA) is 45.1 Å². The average molecular weight is 256 g/mol. The highest BCUT2D eigenvalue weighted by molar-refractivity contribution is 5.59. The van der Waals surface area contributed by atoms with Gasteiger partial charge in [-0.1, -0.05) is 24.3 Å². The molecule has 1 heterocycles. The van der Waals surface area contributed by atoms with Crippen LogP contribution in [0.4, 0.5) is 0 Å². The molecule has 1 aromatic carbocycles. The zero-order valence-corrected chi connectivity index (χ0v) is 11.2.